The Labute approximate surface area is 349 Å². The molecule has 0 aromatic heterocycles. The van der Waals surface area contributed by atoms with Gasteiger partial charge in [-0.2, -0.15) is 0 Å². The van der Waals surface area contributed by atoms with Gasteiger partial charge in [0, 0.05) is 65.4 Å². The van der Waals surface area contributed by atoms with Crippen LogP contribution in [0.4, 0.5) is 9.59 Å². The molecule has 0 radical (unpaired) electrons. The van der Waals surface area contributed by atoms with Gasteiger partial charge in [0.2, 0.25) is 5.91 Å². The van der Waals surface area contributed by atoms with Crippen molar-refractivity contribution in [2.45, 2.75) is 64.9 Å². The molecule has 4 rings (SSSR count). The number of rotatable bonds is 22. The summed E-state index contributed by atoms with van der Waals surface area (Å²) in [5.41, 5.74) is 4.55. The predicted molar refractivity (Wildman–Crippen MR) is 224 cm³/mol. The van der Waals surface area contributed by atoms with Crippen molar-refractivity contribution in [3.63, 3.8) is 0 Å². The fourth-order valence-corrected chi connectivity index (χ4v) is 6.87. The highest BCUT2D eigenvalue weighted by atomic mass is 16.5. The fraction of sp³-hybridized carbons (Fsp3) is 0.619. The first kappa shape index (κ1) is 47.2. The Balaban J connectivity index is 1.42. The Kier molecular flexibility index (Phi) is 20.1. The normalized spacial score (nSPS) is 17.1. The number of nitrogens with zero attached hydrogens (tertiary/aromatic N) is 3. The van der Waals surface area contributed by atoms with Crippen molar-refractivity contribution in [1.82, 2.24) is 46.8 Å². The Morgan fingerprint density at radius 2 is 1.24 bits per heavy atom. The highest BCUT2D eigenvalue weighted by Crippen LogP contribution is 2.21. The maximum absolute atomic E-state index is 13.9. The Morgan fingerprint density at radius 1 is 0.729 bits per heavy atom. The van der Waals surface area contributed by atoms with E-state index >= 15 is 0 Å². The lowest BCUT2D eigenvalue weighted by Crippen LogP contribution is -2.57. The van der Waals surface area contributed by atoms with Gasteiger partial charge in [0.25, 0.3) is 5.91 Å². The number of nitrogens with one attached hydrogen (secondary N) is 6. The van der Waals surface area contributed by atoms with Crippen LogP contribution in [0.5, 0.6) is 5.75 Å². The zero-order valence-electron chi connectivity index (χ0n) is 35.4. The van der Waals surface area contributed by atoms with Gasteiger partial charge in [-0.3, -0.25) is 24.8 Å². The number of hydrogen-bond donors (Lipinski definition) is 7. The molecular formula is C42H67N9O8. The summed E-state index contributed by atoms with van der Waals surface area (Å²) < 4.78 is 16.1. The molecule has 2 aromatic rings. The molecule has 17 nitrogen and oxygen atoms in total. The third-order valence-corrected chi connectivity index (χ3v) is 10.4. The number of ether oxygens (including phenoxy) is 3. The summed E-state index contributed by atoms with van der Waals surface area (Å²) in [6.07, 6.45) is -0.956. The maximum atomic E-state index is 13.9. The number of carbonyl (C=O) groups excluding carboxylic acids is 4. The molecule has 2 heterocycles. The smallest absolute Gasteiger partial charge is 0.315 e. The van der Waals surface area contributed by atoms with E-state index in [1.54, 1.807) is 12.1 Å². The van der Waals surface area contributed by atoms with E-state index < -0.39 is 48.1 Å². The average Bonchev–Trinajstić information content (AvgIpc) is 3.23. The number of morpholine rings is 2. The molecule has 0 spiro atoms. The molecule has 17 heteroatoms. The minimum atomic E-state index is -1.09. The molecular weight excluding hydrogens is 759 g/mol. The summed E-state index contributed by atoms with van der Waals surface area (Å²) >= 11 is 0. The van der Waals surface area contributed by atoms with E-state index in [0.29, 0.717) is 63.9 Å². The van der Waals surface area contributed by atoms with E-state index in [2.05, 4.69) is 41.8 Å². The number of aliphatic hydroxyl groups excluding tert-OH is 1. The van der Waals surface area contributed by atoms with Crippen LogP contribution in [-0.4, -0.2) is 154 Å². The van der Waals surface area contributed by atoms with Crippen molar-refractivity contribution >= 4 is 23.9 Å². The molecule has 4 atom stereocenters. The largest absolute Gasteiger partial charge is 0.497 e. The zero-order chi connectivity index (χ0) is 42.6. The van der Waals surface area contributed by atoms with Crippen molar-refractivity contribution in [2.24, 2.45) is 11.8 Å². The van der Waals surface area contributed by atoms with Crippen molar-refractivity contribution in [3.05, 3.63) is 65.7 Å². The minimum Gasteiger partial charge on any atom is -0.497 e. The number of aliphatic hydroxyl groups is 1. The lowest BCUT2D eigenvalue weighted by Gasteiger charge is -2.31. The number of methoxy groups -OCH3 is 1. The van der Waals surface area contributed by atoms with Crippen LogP contribution in [0.1, 0.15) is 51.3 Å². The number of hydrogen-bond acceptors (Lipinski definition) is 11. The van der Waals surface area contributed by atoms with Gasteiger partial charge in [-0.25, -0.2) is 14.6 Å². The van der Waals surface area contributed by atoms with Crippen molar-refractivity contribution in [1.29, 1.82) is 0 Å². The second-order valence-corrected chi connectivity index (χ2v) is 15.7. The zero-order valence-corrected chi connectivity index (χ0v) is 35.4. The standard InChI is InChI=1S/C42H67N9O8/c1-30(2)36(46-41(55)43-16-19-49-21-25-58-26-22-49)39(53)45-38(33-9-7-6-8-10-33)35(52)15-18-51(29-32-11-13-34(57-5)14-12-32)48-40(54)37(31(3)4)47-42(56)44-17-20-50-23-27-59-28-24-50/h6-14,30-31,35-38,52H,15-29H2,1-5H3,(H,45,53)(H,48,54)(H2,43,46,55)(H2,44,47,56). The van der Waals surface area contributed by atoms with E-state index in [9.17, 15) is 24.3 Å². The molecule has 0 bridgehead atoms. The fourth-order valence-electron chi connectivity index (χ4n) is 6.87. The lowest BCUT2D eigenvalue weighted by molar-refractivity contribution is -0.129. The summed E-state index contributed by atoms with van der Waals surface area (Å²) in [6.45, 7) is 16.0. The van der Waals surface area contributed by atoms with Crippen LogP contribution in [0, 0.1) is 11.8 Å². The summed E-state index contributed by atoms with van der Waals surface area (Å²) in [7, 11) is 1.59. The van der Waals surface area contributed by atoms with E-state index in [0.717, 1.165) is 31.7 Å². The van der Waals surface area contributed by atoms with Crippen molar-refractivity contribution in [3.8, 4) is 5.75 Å². The average molecular weight is 826 g/mol. The molecule has 2 aromatic carbocycles. The van der Waals surface area contributed by atoms with E-state index in [4.69, 9.17) is 14.2 Å². The topological polar surface area (TPSA) is 198 Å². The summed E-state index contributed by atoms with van der Waals surface area (Å²) in [5.74, 6) is -0.648. The quantitative estimate of drug-likeness (QED) is 0.0849. The third-order valence-electron chi connectivity index (χ3n) is 10.4. The van der Waals surface area contributed by atoms with E-state index in [1.807, 2.05) is 82.3 Å². The summed E-state index contributed by atoms with van der Waals surface area (Å²) in [4.78, 5) is 58.0. The minimum absolute atomic E-state index is 0.139. The van der Waals surface area contributed by atoms with E-state index in [1.165, 1.54) is 0 Å². The monoisotopic (exact) mass is 826 g/mol. The Hall–Kier alpha value is -4.52. The van der Waals surface area contributed by atoms with Gasteiger partial charge in [-0.1, -0.05) is 70.2 Å². The van der Waals surface area contributed by atoms with Gasteiger partial charge >= 0.3 is 12.1 Å². The molecule has 7 N–H and O–H groups in total. The van der Waals surface area contributed by atoms with Crippen LogP contribution >= 0.6 is 0 Å². The second-order valence-electron chi connectivity index (χ2n) is 15.7. The summed E-state index contributed by atoms with van der Waals surface area (Å²) in [6, 6.07) is 13.1. The SMILES string of the molecule is COc1ccc(CN(CCC(O)C(NC(=O)C(NC(=O)NCCN2CCOCC2)C(C)C)c2ccccc2)NC(=O)C(NC(=O)NCCN2CCOCC2)C(C)C)cc1. The van der Waals surface area contributed by atoms with Gasteiger partial charge in [0.05, 0.1) is 45.7 Å². The maximum Gasteiger partial charge on any atom is 0.315 e. The predicted octanol–water partition coefficient (Wildman–Crippen LogP) is 1.45. The molecule has 4 unspecified atom stereocenters. The molecule has 2 aliphatic heterocycles. The first-order valence-corrected chi connectivity index (χ1v) is 20.8. The van der Waals surface area contributed by atoms with Crippen LogP contribution in [0.3, 0.4) is 0 Å². The highest BCUT2D eigenvalue weighted by Gasteiger charge is 2.31. The van der Waals surface area contributed by atoms with Gasteiger partial charge in [0.1, 0.15) is 17.8 Å². The van der Waals surface area contributed by atoms with Gasteiger partial charge in [-0.15, -0.1) is 0 Å². The molecule has 6 amide bonds. The molecule has 2 saturated heterocycles. The van der Waals surface area contributed by atoms with Gasteiger partial charge < -0.3 is 45.9 Å². The number of carbonyl (C=O) groups is 4. The Bertz CT molecular complexity index is 1560. The molecule has 2 aliphatic rings. The van der Waals surface area contributed by atoms with Crippen LogP contribution in [-0.2, 0) is 25.6 Å². The second kappa shape index (κ2) is 25.2. The highest BCUT2D eigenvalue weighted by molar-refractivity contribution is 5.88. The third kappa shape index (κ3) is 16.6. The lowest BCUT2D eigenvalue weighted by atomic mass is 9.97. The van der Waals surface area contributed by atoms with Crippen molar-refractivity contribution in [2.75, 3.05) is 92.4 Å². The molecule has 328 valence electrons. The number of benzene rings is 2. The molecule has 59 heavy (non-hydrogen) atoms. The molecule has 0 saturated carbocycles. The summed E-state index contributed by atoms with van der Waals surface area (Å²) in [5, 5.41) is 27.9. The number of amides is 6. The number of urea groups is 2. The van der Waals surface area contributed by atoms with Crippen molar-refractivity contribution < 1.29 is 38.5 Å². The Morgan fingerprint density at radius 3 is 1.73 bits per heavy atom. The molecule has 2 fully saturated rings. The van der Waals surface area contributed by atoms with Gasteiger partial charge in [0.15, 0.2) is 0 Å². The van der Waals surface area contributed by atoms with E-state index in [-0.39, 0.29) is 31.3 Å². The first-order chi connectivity index (χ1) is 28.4. The molecule has 0 aliphatic carbocycles. The van der Waals surface area contributed by atoms with Crippen LogP contribution in [0.2, 0.25) is 0 Å². The van der Waals surface area contributed by atoms with Crippen LogP contribution < -0.4 is 36.7 Å². The number of hydrazine groups is 1. The first-order valence-electron chi connectivity index (χ1n) is 20.8. The van der Waals surface area contributed by atoms with Crippen LogP contribution in [0.15, 0.2) is 54.6 Å². The van der Waals surface area contributed by atoms with Crippen LogP contribution in [0.25, 0.3) is 0 Å². The van der Waals surface area contributed by atoms with Gasteiger partial charge in [-0.05, 0) is 41.5 Å².